The van der Waals surface area contributed by atoms with Crippen molar-refractivity contribution < 1.29 is 14.7 Å². The Morgan fingerprint density at radius 1 is 1.05 bits per heavy atom. The predicted molar refractivity (Wildman–Crippen MR) is 84.0 cm³/mol. The van der Waals surface area contributed by atoms with Crippen LogP contribution in [0, 0.1) is 0 Å². The fourth-order valence-corrected chi connectivity index (χ4v) is 2.26. The summed E-state index contributed by atoms with van der Waals surface area (Å²) in [5.41, 5.74) is 3.04. The largest absolute Gasteiger partial charge is 0.493 e. The molecule has 0 bridgehead atoms. The van der Waals surface area contributed by atoms with Gasteiger partial charge in [0, 0.05) is 10.6 Å². The van der Waals surface area contributed by atoms with Crippen LogP contribution in [-0.4, -0.2) is 25.1 Å². The van der Waals surface area contributed by atoms with Crippen molar-refractivity contribution in [3.05, 3.63) is 47.0 Å². The molecule has 0 aliphatic carbocycles. The SMILES string of the molecule is COc1ccc(-c2cc(/C(C)=N/O)ccc2Cl)cc1OC. The minimum Gasteiger partial charge on any atom is -0.493 e. The summed E-state index contributed by atoms with van der Waals surface area (Å²) in [4.78, 5) is 0. The molecule has 4 nitrogen and oxygen atoms in total. The zero-order valence-electron chi connectivity index (χ0n) is 12.1. The van der Waals surface area contributed by atoms with Crippen LogP contribution in [0.5, 0.6) is 11.5 Å². The van der Waals surface area contributed by atoms with Crippen LogP contribution in [-0.2, 0) is 0 Å². The summed E-state index contributed by atoms with van der Waals surface area (Å²) in [5.74, 6) is 1.28. The Kier molecular flexibility index (Phi) is 4.70. The van der Waals surface area contributed by atoms with Gasteiger partial charge in [0.05, 0.1) is 19.9 Å². The molecule has 0 heterocycles. The molecule has 2 aromatic carbocycles. The lowest BCUT2D eigenvalue weighted by Crippen LogP contribution is -1.96. The zero-order valence-corrected chi connectivity index (χ0v) is 12.8. The molecule has 2 rings (SSSR count). The van der Waals surface area contributed by atoms with Gasteiger partial charge in [-0.25, -0.2) is 0 Å². The molecule has 0 spiro atoms. The molecular formula is C16H16ClNO3. The standard InChI is InChI=1S/C16H16ClNO3/c1-10(18-19)11-4-6-14(17)13(8-11)12-5-7-15(20-2)16(9-12)21-3/h4-9,19H,1-3H3/b18-10+. The molecule has 0 aliphatic heterocycles. The van der Waals surface area contributed by atoms with Crippen LogP contribution in [0.4, 0.5) is 0 Å². The van der Waals surface area contributed by atoms with Crippen LogP contribution >= 0.6 is 11.6 Å². The molecule has 2 aromatic rings. The Bertz CT molecular complexity index is 683. The van der Waals surface area contributed by atoms with Gasteiger partial charge in [-0.15, -0.1) is 0 Å². The fourth-order valence-electron chi connectivity index (χ4n) is 2.03. The molecule has 0 fully saturated rings. The first-order chi connectivity index (χ1) is 10.1. The highest BCUT2D eigenvalue weighted by Crippen LogP contribution is 2.35. The first-order valence-corrected chi connectivity index (χ1v) is 6.69. The summed E-state index contributed by atoms with van der Waals surface area (Å²) in [5, 5.41) is 12.7. The van der Waals surface area contributed by atoms with E-state index in [0.717, 1.165) is 16.7 Å². The minimum absolute atomic E-state index is 0.522. The average molecular weight is 306 g/mol. The van der Waals surface area contributed by atoms with Gasteiger partial charge in [-0.1, -0.05) is 28.9 Å². The molecule has 0 radical (unpaired) electrons. The van der Waals surface area contributed by atoms with Crippen molar-refractivity contribution in [3.8, 4) is 22.6 Å². The number of hydrogen-bond donors (Lipinski definition) is 1. The quantitative estimate of drug-likeness (QED) is 0.522. The van der Waals surface area contributed by atoms with E-state index in [9.17, 15) is 0 Å². The monoisotopic (exact) mass is 305 g/mol. The number of hydrogen-bond acceptors (Lipinski definition) is 4. The van der Waals surface area contributed by atoms with Gasteiger partial charge in [0.1, 0.15) is 0 Å². The van der Waals surface area contributed by atoms with Crippen molar-refractivity contribution in [2.75, 3.05) is 14.2 Å². The topological polar surface area (TPSA) is 51.0 Å². The maximum atomic E-state index is 8.89. The van der Waals surface area contributed by atoms with Gasteiger partial charge in [0.2, 0.25) is 0 Å². The van der Waals surface area contributed by atoms with Crippen molar-refractivity contribution in [1.29, 1.82) is 0 Å². The maximum Gasteiger partial charge on any atom is 0.161 e. The summed E-state index contributed by atoms with van der Waals surface area (Å²) in [6.07, 6.45) is 0. The highest BCUT2D eigenvalue weighted by molar-refractivity contribution is 6.33. The first-order valence-electron chi connectivity index (χ1n) is 6.31. The molecule has 5 heteroatoms. The van der Waals surface area contributed by atoms with E-state index >= 15 is 0 Å². The smallest absolute Gasteiger partial charge is 0.161 e. The van der Waals surface area contributed by atoms with Gasteiger partial charge >= 0.3 is 0 Å². The normalized spacial score (nSPS) is 11.3. The van der Waals surface area contributed by atoms with Crippen LogP contribution in [0.15, 0.2) is 41.6 Å². The van der Waals surface area contributed by atoms with E-state index in [0.29, 0.717) is 22.2 Å². The Labute approximate surface area is 128 Å². The van der Waals surface area contributed by atoms with Crippen molar-refractivity contribution in [2.24, 2.45) is 5.16 Å². The molecule has 110 valence electrons. The minimum atomic E-state index is 0.522. The van der Waals surface area contributed by atoms with E-state index in [2.05, 4.69) is 5.16 Å². The number of nitrogens with zero attached hydrogens (tertiary/aromatic N) is 1. The van der Waals surface area contributed by atoms with Crippen LogP contribution < -0.4 is 9.47 Å². The third-order valence-corrected chi connectivity index (χ3v) is 3.56. The molecule has 0 unspecified atom stereocenters. The number of rotatable bonds is 4. The maximum absolute atomic E-state index is 8.89. The van der Waals surface area contributed by atoms with Gasteiger partial charge < -0.3 is 14.7 Å². The second-order valence-corrected chi connectivity index (χ2v) is 4.86. The van der Waals surface area contributed by atoms with E-state index in [4.69, 9.17) is 26.3 Å². The second kappa shape index (κ2) is 6.50. The van der Waals surface area contributed by atoms with Crippen molar-refractivity contribution in [1.82, 2.24) is 0 Å². The molecule has 0 aromatic heterocycles. The lowest BCUT2D eigenvalue weighted by Gasteiger charge is -2.11. The summed E-state index contributed by atoms with van der Waals surface area (Å²) >= 11 is 6.27. The third kappa shape index (κ3) is 3.11. The predicted octanol–water partition coefficient (Wildman–Crippen LogP) is 4.22. The number of methoxy groups -OCH3 is 2. The van der Waals surface area contributed by atoms with E-state index in [1.165, 1.54) is 0 Å². The van der Waals surface area contributed by atoms with Gasteiger partial charge in [0.15, 0.2) is 11.5 Å². The first kappa shape index (κ1) is 15.2. The van der Waals surface area contributed by atoms with Crippen molar-refractivity contribution in [3.63, 3.8) is 0 Å². The molecule has 0 aliphatic rings. The Hall–Kier alpha value is -2.20. The van der Waals surface area contributed by atoms with Crippen molar-refractivity contribution in [2.45, 2.75) is 6.92 Å². The summed E-state index contributed by atoms with van der Waals surface area (Å²) in [6, 6.07) is 11.0. The molecule has 21 heavy (non-hydrogen) atoms. The lowest BCUT2D eigenvalue weighted by atomic mass is 10.0. The van der Waals surface area contributed by atoms with Gasteiger partial charge in [-0.3, -0.25) is 0 Å². The van der Waals surface area contributed by atoms with Crippen LogP contribution in [0.1, 0.15) is 12.5 Å². The van der Waals surface area contributed by atoms with Crippen LogP contribution in [0.2, 0.25) is 5.02 Å². The highest BCUT2D eigenvalue weighted by atomic mass is 35.5. The molecule has 1 N–H and O–H groups in total. The zero-order chi connectivity index (χ0) is 15.4. The summed E-state index contributed by atoms with van der Waals surface area (Å²) in [6.45, 7) is 1.72. The van der Waals surface area contributed by atoms with E-state index in [1.807, 2.05) is 30.3 Å². The fraction of sp³-hybridized carbons (Fsp3) is 0.188. The second-order valence-electron chi connectivity index (χ2n) is 4.45. The summed E-state index contributed by atoms with van der Waals surface area (Å²) < 4.78 is 10.5. The summed E-state index contributed by atoms with van der Waals surface area (Å²) in [7, 11) is 3.18. The lowest BCUT2D eigenvalue weighted by molar-refractivity contribution is 0.319. The van der Waals surface area contributed by atoms with Crippen LogP contribution in [0.25, 0.3) is 11.1 Å². The Balaban J connectivity index is 2.55. The Morgan fingerprint density at radius 3 is 2.38 bits per heavy atom. The van der Waals surface area contributed by atoms with Gasteiger partial charge in [0.25, 0.3) is 0 Å². The van der Waals surface area contributed by atoms with Gasteiger partial charge in [-0.2, -0.15) is 0 Å². The number of benzene rings is 2. The molecule has 0 saturated heterocycles. The number of ether oxygens (including phenoxy) is 2. The molecule has 0 amide bonds. The highest BCUT2D eigenvalue weighted by Gasteiger charge is 2.10. The molecular weight excluding hydrogens is 290 g/mol. The molecule has 0 atom stereocenters. The third-order valence-electron chi connectivity index (χ3n) is 3.23. The molecule has 0 saturated carbocycles. The number of halogens is 1. The van der Waals surface area contributed by atoms with E-state index < -0.39 is 0 Å². The average Bonchev–Trinajstić information content (AvgIpc) is 2.53. The van der Waals surface area contributed by atoms with E-state index in [-0.39, 0.29) is 0 Å². The Morgan fingerprint density at radius 2 is 1.76 bits per heavy atom. The van der Waals surface area contributed by atoms with E-state index in [1.54, 1.807) is 27.2 Å². The van der Waals surface area contributed by atoms with Crippen LogP contribution in [0.3, 0.4) is 0 Å². The van der Waals surface area contributed by atoms with Crippen molar-refractivity contribution >= 4 is 17.3 Å². The van der Waals surface area contributed by atoms with Gasteiger partial charge in [-0.05, 0) is 42.3 Å². The number of oxime groups is 1.